The van der Waals surface area contributed by atoms with Crippen LogP contribution in [-0.4, -0.2) is 46.5 Å². The number of carboxylic acid groups (broad SMARTS) is 1. The Morgan fingerprint density at radius 1 is 1.18 bits per heavy atom. The number of thiocarbonyl (C=S) groups is 1. The van der Waals surface area contributed by atoms with E-state index >= 15 is 0 Å². The van der Waals surface area contributed by atoms with Gasteiger partial charge in [0.15, 0.2) is 11.5 Å². The van der Waals surface area contributed by atoms with E-state index in [4.69, 9.17) is 38.4 Å². The van der Waals surface area contributed by atoms with Crippen LogP contribution >= 0.6 is 46.9 Å². The Morgan fingerprint density at radius 2 is 1.95 bits per heavy atom. The van der Waals surface area contributed by atoms with Crippen LogP contribution in [0.3, 0.4) is 0 Å². The summed E-state index contributed by atoms with van der Waals surface area (Å²) in [7, 11) is 1.41. The van der Waals surface area contributed by atoms with Gasteiger partial charge >= 0.3 is 12.1 Å². The molecule has 1 aromatic heterocycles. The average molecular weight is 614 g/mol. The molecule has 13 heteroatoms. The Kier molecular flexibility index (Phi) is 8.90. The van der Waals surface area contributed by atoms with Crippen LogP contribution in [0.4, 0.5) is 13.2 Å². The number of halogens is 4. The van der Waals surface area contributed by atoms with Gasteiger partial charge in [-0.25, -0.2) is 4.79 Å². The number of carbonyl (C=O) groups is 2. The minimum Gasteiger partial charge on any atom is -0.493 e. The second-order valence-electron chi connectivity index (χ2n) is 8.14. The van der Waals surface area contributed by atoms with E-state index in [2.05, 4.69) is 0 Å². The minimum absolute atomic E-state index is 0.0688. The van der Waals surface area contributed by atoms with Gasteiger partial charge in [0.1, 0.15) is 4.32 Å². The van der Waals surface area contributed by atoms with Crippen molar-refractivity contribution < 1.29 is 37.3 Å². The molecular weight excluding hydrogens is 595 g/mol. The van der Waals surface area contributed by atoms with Gasteiger partial charge in [-0.1, -0.05) is 35.6 Å². The number of hydrogen-bond donors (Lipinski definition) is 1. The number of aromatic carboxylic acids is 1. The maximum Gasteiger partial charge on any atom is 0.416 e. The van der Waals surface area contributed by atoms with Gasteiger partial charge in [0.25, 0.3) is 5.91 Å². The summed E-state index contributed by atoms with van der Waals surface area (Å²) in [5, 5.41) is 11.0. The van der Waals surface area contributed by atoms with Crippen LogP contribution < -0.4 is 9.47 Å². The topological polar surface area (TPSA) is 76.1 Å². The smallest absolute Gasteiger partial charge is 0.416 e. The molecule has 6 nitrogen and oxygen atoms in total. The van der Waals surface area contributed by atoms with Crippen LogP contribution in [0.25, 0.3) is 17.2 Å². The molecule has 1 amide bonds. The van der Waals surface area contributed by atoms with Crippen LogP contribution in [-0.2, 0) is 11.0 Å². The highest BCUT2D eigenvalue weighted by Crippen LogP contribution is 2.39. The average Bonchev–Trinajstić information content (AvgIpc) is 3.45. The summed E-state index contributed by atoms with van der Waals surface area (Å²) in [4.78, 5) is 26.6. The zero-order chi connectivity index (χ0) is 28.3. The predicted octanol–water partition coefficient (Wildman–Crippen LogP) is 7.46. The fourth-order valence-electron chi connectivity index (χ4n) is 3.64. The second-order valence-corrected chi connectivity index (χ2v) is 11.2. The van der Waals surface area contributed by atoms with Crippen molar-refractivity contribution in [3.05, 3.63) is 73.8 Å². The van der Waals surface area contributed by atoms with E-state index < -0.39 is 17.7 Å². The lowest BCUT2D eigenvalue weighted by Gasteiger charge is -2.15. The molecular formula is C26H19ClF3NO5S3. The number of rotatable bonds is 9. The summed E-state index contributed by atoms with van der Waals surface area (Å²) in [6.45, 7) is 0.526. The van der Waals surface area contributed by atoms with E-state index in [0.29, 0.717) is 38.4 Å². The van der Waals surface area contributed by atoms with Crippen molar-refractivity contribution in [2.45, 2.75) is 12.6 Å². The van der Waals surface area contributed by atoms with Crippen molar-refractivity contribution in [2.75, 3.05) is 20.3 Å². The normalized spacial score (nSPS) is 14.8. The number of hydrogen-bond acceptors (Lipinski definition) is 7. The Bertz CT molecular complexity index is 1470. The van der Waals surface area contributed by atoms with Crippen LogP contribution in [0.1, 0.15) is 27.2 Å². The zero-order valence-electron chi connectivity index (χ0n) is 20.1. The van der Waals surface area contributed by atoms with Gasteiger partial charge in [0, 0.05) is 22.0 Å². The highest BCUT2D eigenvalue weighted by atomic mass is 35.5. The third kappa shape index (κ3) is 6.75. The summed E-state index contributed by atoms with van der Waals surface area (Å²) in [5.41, 5.74) is 0.0422. The molecule has 0 unspecified atom stereocenters. The van der Waals surface area contributed by atoms with Crippen LogP contribution in [0.5, 0.6) is 11.5 Å². The Balaban J connectivity index is 1.39. The van der Waals surface area contributed by atoms with Gasteiger partial charge in [-0.05, 0) is 65.9 Å². The fourth-order valence-corrected chi connectivity index (χ4v) is 6.08. The molecule has 39 heavy (non-hydrogen) atoms. The Morgan fingerprint density at radius 3 is 2.64 bits per heavy atom. The van der Waals surface area contributed by atoms with Crippen LogP contribution in [0.15, 0.2) is 52.7 Å². The summed E-state index contributed by atoms with van der Waals surface area (Å²) in [6.07, 6.45) is -2.39. The van der Waals surface area contributed by atoms with Gasteiger partial charge in [0.05, 0.1) is 29.7 Å². The molecule has 0 radical (unpaired) electrons. The quantitative estimate of drug-likeness (QED) is 0.152. The first kappa shape index (κ1) is 28.9. The van der Waals surface area contributed by atoms with Crippen LogP contribution in [0, 0.1) is 0 Å². The molecule has 1 fully saturated rings. The van der Waals surface area contributed by atoms with Gasteiger partial charge in [-0.15, -0.1) is 11.3 Å². The third-order valence-electron chi connectivity index (χ3n) is 5.57. The molecule has 1 aliphatic heterocycles. The Labute approximate surface area is 240 Å². The van der Waals surface area contributed by atoms with Gasteiger partial charge in [0.2, 0.25) is 0 Å². The number of ether oxygens (including phenoxy) is 2. The number of amides is 1. The first-order valence-electron chi connectivity index (χ1n) is 11.2. The maximum atomic E-state index is 13.1. The number of carboxylic acids is 1. The molecule has 2 aromatic carbocycles. The maximum absolute atomic E-state index is 13.1. The lowest BCUT2D eigenvalue weighted by Crippen LogP contribution is -2.29. The number of nitrogens with zero attached hydrogens (tertiary/aromatic N) is 1. The number of thiophene rings is 1. The van der Waals surface area contributed by atoms with Gasteiger partial charge < -0.3 is 14.6 Å². The molecule has 0 bridgehead atoms. The molecule has 1 aliphatic rings. The third-order valence-corrected chi connectivity index (χ3v) is 8.15. The first-order chi connectivity index (χ1) is 18.5. The molecule has 0 saturated carbocycles. The number of benzene rings is 2. The second kappa shape index (κ2) is 12.0. The minimum atomic E-state index is -4.49. The van der Waals surface area contributed by atoms with Crippen molar-refractivity contribution in [1.82, 2.24) is 4.90 Å². The van der Waals surface area contributed by atoms with E-state index in [1.165, 1.54) is 47.6 Å². The van der Waals surface area contributed by atoms with Crippen LogP contribution in [0.2, 0.25) is 5.02 Å². The predicted molar refractivity (Wildman–Crippen MR) is 150 cm³/mol. The van der Waals surface area contributed by atoms with E-state index in [1.807, 2.05) is 0 Å². The van der Waals surface area contributed by atoms with E-state index in [9.17, 15) is 22.8 Å². The summed E-state index contributed by atoms with van der Waals surface area (Å²) in [6, 6.07) is 9.10. The van der Waals surface area contributed by atoms with E-state index in [1.54, 1.807) is 17.5 Å². The van der Waals surface area contributed by atoms with Crippen molar-refractivity contribution in [3.8, 4) is 22.6 Å². The van der Waals surface area contributed by atoms with Gasteiger partial charge in [-0.2, -0.15) is 13.2 Å². The van der Waals surface area contributed by atoms with E-state index in [0.717, 1.165) is 23.9 Å². The van der Waals surface area contributed by atoms with Gasteiger partial charge in [-0.3, -0.25) is 9.69 Å². The number of methoxy groups -OCH3 is 1. The number of carbonyl (C=O) groups excluding carboxylic acids is 1. The number of alkyl halides is 3. The first-order valence-corrected chi connectivity index (χ1v) is 13.7. The number of thioether (sulfide) groups is 1. The summed E-state index contributed by atoms with van der Waals surface area (Å²) < 4.78 is 50.7. The van der Waals surface area contributed by atoms with Crippen molar-refractivity contribution in [2.24, 2.45) is 0 Å². The van der Waals surface area contributed by atoms with Crippen molar-refractivity contribution in [1.29, 1.82) is 0 Å². The van der Waals surface area contributed by atoms with Crippen molar-refractivity contribution >= 4 is 69.2 Å². The zero-order valence-corrected chi connectivity index (χ0v) is 23.3. The summed E-state index contributed by atoms with van der Waals surface area (Å²) in [5.74, 6) is -0.701. The molecule has 0 aliphatic carbocycles. The molecule has 1 N–H and O–H groups in total. The van der Waals surface area contributed by atoms with Crippen molar-refractivity contribution in [3.63, 3.8) is 0 Å². The summed E-state index contributed by atoms with van der Waals surface area (Å²) >= 11 is 13.9. The SMILES string of the molecule is COc1cc(C(=O)O)ccc1OCCCN1C(=O)C(=Cc2cc(-c3cc(C(F)(F)F)ccc3Cl)cs2)SC1=S. The molecule has 4 rings (SSSR count). The molecule has 2 heterocycles. The molecule has 0 spiro atoms. The monoisotopic (exact) mass is 613 g/mol. The molecule has 0 atom stereocenters. The largest absolute Gasteiger partial charge is 0.493 e. The lowest BCUT2D eigenvalue weighted by molar-refractivity contribution is -0.137. The standard InChI is InChI=1S/C26H19ClF3NO5S3/c1-35-21-10-14(24(33)34)3-6-20(21)36-8-2-7-31-23(32)22(39-25(31)37)12-17-9-15(13-38-17)18-11-16(26(28,29)30)4-5-19(18)27/h3-6,9-13H,2,7-8H2,1H3,(H,33,34). The fraction of sp³-hybridized carbons (Fsp3) is 0.192. The highest BCUT2D eigenvalue weighted by Gasteiger charge is 2.32. The molecule has 3 aromatic rings. The molecule has 1 saturated heterocycles. The Hall–Kier alpha value is -3.06. The lowest BCUT2D eigenvalue weighted by atomic mass is 10.1. The highest BCUT2D eigenvalue weighted by molar-refractivity contribution is 8.26. The van der Waals surface area contributed by atoms with E-state index in [-0.39, 0.29) is 34.4 Å². The molecule has 204 valence electrons.